The maximum atomic E-state index is 13.4. The first-order chi connectivity index (χ1) is 9.93. The van der Waals surface area contributed by atoms with Gasteiger partial charge in [-0.05, 0) is 32.4 Å². The summed E-state index contributed by atoms with van der Waals surface area (Å²) in [5.74, 6) is -1.42. The van der Waals surface area contributed by atoms with Gasteiger partial charge in [-0.3, -0.25) is 9.59 Å². The summed E-state index contributed by atoms with van der Waals surface area (Å²) < 4.78 is 13.4. The summed E-state index contributed by atoms with van der Waals surface area (Å²) in [6.45, 7) is 5.50. The van der Waals surface area contributed by atoms with E-state index in [-0.39, 0.29) is 23.9 Å². The van der Waals surface area contributed by atoms with E-state index in [1.807, 2.05) is 13.8 Å². The Balaban J connectivity index is 2.54. The number of benzene rings is 1. The fourth-order valence-electron chi connectivity index (χ4n) is 1.55. The van der Waals surface area contributed by atoms with E-state index in [4.69, 9.17) is 0 Å². The van der Waals surface area contributed by atoms with Crippen molar-refractivity contribution in [1.82, 2.24) is 10.7 Å². The lowest BCUT2D eigenvalue weighted by Gasteiger charge is -2.11. The Bertz CT molecular complexity index is 543. The summed E-state index contributed by atoms with van der Waals surface area (Å²) in [5, 5.41) is 6.60. The highest BCUT2D eigenvalue weighted by Crippen LogP contribution is 2.05. The number of carbonyl (C=O) groups is 2. The molecular weight excluding hydrogens is 273 g/mol. The minimum absolute atomic E-state index is 0.0851. The lowest BCUT2D eigenvalue weighted by Crippen LogP contribution is -2.33. The van der Waals surface area contributed by atoms with Gasteiger partial charge in [-0.25, -0.2) is 9.82 Å². The topological polar surface area (TPSA) is 70.6 Å². The van der Waals surface area contributed by atoms with Gasteiger partial charge in [0.1, 0.15) is 5.82 Å². The average molecular weight is 293 g/mol. The van der Waals surface area contributed by atoms with Gasteiger partial charge in [0.25, 0.3) is 5.91 Å². The first kappa shape index (κ1) is 16.8. The molecule has 6 heteroatoms. The lowest BCUT2D eigenvalue weighted by atomic mass is 10.2. The van der Waals surface area contributed by atoms with E-state index in [0.717, 1.165) is 6.42 Å². The molecule has 0 spiro atoms. The number of nitrogens with one attached hydrogen (secondary N) is 2. The standard InChI is InChI=1S/C15H20FN3O2/c1-4-10(2)17-14(20)9-11(3)18-19-15(21)12-7-5-6-8-13(12)16/h5-8,10H,4,9H2,1-3H3,(H,17,20)(H,19,21). The van der Waals surface area contributed by atoms with Gasteiger partial charge in [-0.15, -0.1) is 0 Å². The van der Waals surface area contributed by atoms with Crippen LogP contribution in [0.3, 0.4) is 0 Å². The second-order valence-corrected chi connectivity index (χ2v) is 4.82. The molecule has 0 aromatic heterocycles. The van der Waals surface area contributed by atoms with Gasteiger partial charge in [-0.2, -0.15) is 5.10 Å². The molecule has 0 fully saturated rings. The molecule has 0 radical (unpaired) electrons. The van der Waals surface area contributed by atoms with Crippen LogP contribution in [0.2, 0.25) is 0 Å². The second kappa shape index (κ2) is 8.14. The van der Waals surface area contributed by atoms with E-state index in [1.54, 1.807) is 13.0 Å². The summed E-state index contributed by atoms with van der Waals surface area (Å²) in [4.78, 5) is 23.3. The van der Waals surface area contributed by atoms with Crippen LogP contribution in [0.1, 0.15) is 44.0 Å². The molecule has 0 aliphatic heterocycles. The van der Waals surface area contributed by atoms with Crippen molar-refractivity contribution >= 4 is 17.5 Å². The Hall–Kier alpha value is -2.24. The molecule has 1 aromatic carbocycles. The van der Waals surface area contributed by atoms with Crippen molar-refractivity contribution in [3.05, 3.63) is 35.6 Å². The molecule has 0 heterocycles. The molecule has 5 nitrogen and oxygen atoms in total. The molecular formula is C15H20FN3O2. The van der Waals surface area contributed by atoms with Crippen LogP contribution in [0.5, 0.6) is 0 Å². The molecule has 1 rings (SSSR count). The first-order valence-corrected chi connectivity index (χ1v) is 6.81. The largest absolute Gasteiger partial charge is 0.353 e. The lowest BCUT2D eigenvalue weighted by molar-refractivity contribution is -0.120. The smallest absolute Gasteiger partial charge is 0.274 e. The number of nitrogens with zero attached hydrogens (tertiary/aromatic N) is 1. The van der Waals surface area contributed by atoms with Crippen LogP contribution in [0.25, 0.3) is 0 Å². The maximum absolute atomic E-state index is 13.4. The van der Waals surface area contributed by atoms with Crippen LogP contribution in [0.4, 0.5) is 4.39 Å². The van der Waals surface area contributed by atoms with Crippen molar-refractivity contribution in [2.75, 3.05) is 0 Å². The van der Waals surface area contributed by atoms with Gasteiger partial charge in [0.15, 0.2) is 0 Å². The molecule has 1 unspecified atom stereocenters. The first-order valence-electron chi connectivity index (χ1n) is 6.81. The number of hydrogen-bond acceptors (Lipinski definition) is 3. The second-order valence-electron chi connectivity index (χ2n) is 4.82. The minimum atomic E-state index is -0.644. The van der Waals surface area contributed by atoms with Gasteiger partial charge >= 0.3 is 0 Å². The predicted molar refractivity (Wildman–Crippen MR) is 79.5 cm³/mol. The van der Waals surface area contributed by atoms with Crippen molar-refractivity contribution in [3.8, 4) is 0 Å². The highest BCUT2D eigenvalue weighted by atomic mass is 19.1. The van der Waals surface area contributed by atoms with E-state index in [0.29, 0.717) is 5.71 Å². The number of amides is 2. The van der Waals surface area contributed by atoms with Gasteiger partial charge in [0, 0.05) is 11.8 Å². The molecule has 0 saturated carbocycles. The van der Waals surface area contributed by atoms with Crippen molar-refractivity contribution < 1.29 is 14.0 Å². The number of rotatable bonds is 6. The van der Waals surface area contributed by atoms with Crippen molar-refractivity contribution in [2.24, 2.45) is 5.10 Å². The Morgan fingerprint density at radius 3 is 2.62 bits per heavy atom. The van der Waals surface area contributed by atoms with E-state index in [1.165, 1.54) is 18.2 Å². The average Bonchev–Trinajstić information content (AvgIpc) is 2.44. The fourth-order valence-corrected chi connectivity index (χ4v) is 1.55. The molecule has 1 atom stereocenters. The number of hydrogen-bond donors (Lipinski definition) is 2. The highest BCUT2D eigenvalue weighted by Gasteiger charge is 2.11. The number of hydrazone groups is 1. The summed E-state index contributed by atoms with van der Waals surface area (Å²) in [5.41, 5.74) is 2.60. The van der Waals surface area contributed by atoms with Crippen molar-refractivity contribution in [1.29, 1.82) is 0 Å². The Morgan fingerprint density at radius 2 is 2.00 bits per heavy atom. The summed E-state index contributed by atoms with van der Waals surface area (Å²) in [6, 6.07) is 5.72. The molecule has 0 aliphatic rings. The van der Waals surface area contributed by atoms with Gasteiger partial charge in [0.05, 0.1) is 12.0 Å². The molecule has 114 valence electrons. The SMILES string of the molecule is CCC(C)NC(=O)CC(C)=NNC(=O)c1ccccc1F. The molecule has 2 N–H and O–H groups in total. The van der Waals surface area contributed by atoms with Crippen LogP contribution >= 0.6 is 0 Å². The maximum Gasteiger partial charge on any atom is 0.274 e. The van der Waals surface area contributed by atoms with Crippen LogP contribution in [-0.4, -0.2) is 23.6 Å². The normalized spacial score (nSPS) is 12.7. The van der Waals surface area contributed by atoms with E-state index >= 15 is 0 Å². The van der Waals surface area contributed by atoms with Crippen LogP contribution in [0.15, 0.2) is 29.4 Å². The van der Waals surface area contributed by atoms with Crippen LogP contribution in [0, 0.1) is 5.82 Å². The Morgan fingerprint density at radius 1 is 1.33 bits per heavy atom. The molecule has 0 aliphatic carbocycles. The fraction of sp³-hybridized carbons (Fsp3) is 0.400. The number of carbonyl (C=O) groups excluding carboxylic acids is 2. The quantitative estimate of drug-likeness (QED) is 0.623. The molecule has 0 saturated heterocycles. The minimum Gasteiger partial charge on any atom is -0.353 e. The van der Waals surface area contributed by atoms with Gasteiger partial charge in [0.2, 0.25) is 5.91 Å². The van der Waals surface area contributed by atoms with Gasteiger partial charge in [-0.1, -0.05) is 19.1 Å². The third kappa shape index (κ3) is 5.72. The third-order valence-electron chi connectivity index (χ3n) is 2.90. The molecule has 1 aromatic rings. The van der Waals surface area contributed by atoms with Gasteiger partial charge < -0.3 is 5.32 Å². The summed E-state index contributed by atoms with van der Waals surface area (Å²) >= 11 is 0. The molecule has 0 bridgehead atoms. The van der Waals surface area contributed by atoms with E-state index in [2.05, 4.69) is 15.8 Å². The van der Waals surface area contributed by atoms with Crippen LogP contribution < -0.4 is 10.7 Å². The van der Waals surface area contributed by atoms with Crippen molar-refractivity contribution in [2.45, 2.75) is 39.7 Å². The Kier molecular flexibility index (Phi) is 6.52. The monoisotopic (exact) mass is 293 g/mol. The zero-order chi connectivity index (χ0) is 15.8. The van der Waals surface area contributed by atoms with E-state index < -0.39 is 11.7 Å². The Labute approximate surface area is 123 Å². The molecule has 21 heavy (non-hydrogen) atoms. The molecule has 2 amide bonds. The number of halogens is 1. The summed E-state index contributed by atoms with van der Waals surface area (Å²) in [7, 11) is 0. The van der Waals surface area contributed by atoms with Crippen molar-refractivity contribution in [3.63, 3.8) is 0 Å². The van der Waals surface area contributed by atoms with Crippen LogP contribution in [-0.2, 0) is 4.79 Å². The van der Waals surface area contributed by atoms with E-state index in [9.17, 15) is 14.0 Å². The summed E-state index contributed by atoms with van der Waals surface area (Å²) in [6.07, 6.45) is 0.924. The predicted octanol–water partition coefficient (Wildman–Crippen LogP) is 2.24. The zero-order valence-corrected chi connectivity index (χ0v) is 12.4. The zero-order valence-electron chi connectivity index (χ0n) is 12.4. The third-order valence-corrected chi connectivity index (χ3v) is 2.90. The highest BCUT2D eigenvalue weighted by molar-refractivity contribution is 6.01.